The second kappa shape index (κ2) is 8.93. The smallest absolute Gasteiger partial charge is 0.335 e. The summed E-state index contributed by atoms with van der Waals surface area (Å²) >= 11 is 0. The van der Waals surface area contributed by atoms with Gasteiger partial charge in [0, 0.05) is 19.6 Å². The van der Waals surface area contributed by atoms with Crippen LogP contribution >= 0.6 is 0 Å². The largest absolute Gasteiger partial charge is 0.478 e. The molecule has 7 heteroatoms. The van der Waals surface area contributed by atoms with Crippen molar-refractivity contribution in [1.82, 2.24) is 10.2 Å². The first kappa shape index (κ1) is 16.9. The van der Waals surface area contributed by atoms with E-state index >= 15 is 0 Å². The van der Waals surface area contributed by atoms with E-state index in [0.717, 1.165) is 5.56 Å². The Hall–Kier alpha value is -2.12. The molecule has 7 nitrogen and oxygen atoms in total. The van der Waals surface area contributed by atoms with Crippen LogP contribution in [-0.4, -0.2) is 65.1 Å². The first-order valence-electron chi connectivity index (χ1n) is 6.65. The lowest BCUT2D eigenvalue weighted by atomic mass is 10.1. The number of nitrogens with zero attached hydrogens (tertiary/aromatic N) is 1. The van der Waals surface area contributed by atoms with Gasteiger partial charge < -0.3 is 25.5 Å². The number of hydrogen-bond acceptors (Lipinski definition) is 4. The molecular formula is C14H20N2O5. The lowest BCUT2D eigenvalue weighted by Crippen LogP contribution is -2.43. The van der Waals surface area contributed by atoms with Gasteiger partial charge in [0.05, 0.1) is 18.8 Å². The van der Waals surface area contributed by atoms with Crippen LogP contribution in [0, 0.1) is 0 Å². The van der Waals surface area contributed by atoms with Crippen LogP contribution in [0.4, 0.5) is 4.79 Å². The van der Waals surface area contributed by atoms with Crippen LogP contribution in [-0.2, 0) is 6.42 Å². The van der Waals surface area contributed by atoms with Crippen LogP contribution in [0.15, 0.2) is 24.3 Å². The van der Waals surface area contributed by atoms with Crippen molar-refractivity contribution in [2.24, 2.45) is 0 Å². The summed E-state index contributed by atoms with van der Waals surface area (Å²) in [7, 11) is 0. The monoisotopic (exact) mass is 296 g/mol. The van der Waals surface area contributed by atoms with Crippen molar-refractivity contribution in [1.29, 1.82) is 0 Å². The molecule has 0 radical (unpaired) electrons. The SMILES string of the molecule is O=C(O)c1ccc(CCNC(=O)N(CCO)CCO)cc1. The Labute approximate surface area is 122 Å². The number of aliphatic hydroxyl groups excluding tert-OH is 2. The zero-order chi connectivity index (χ0) is 15.7. The number of hydrogen-bond donors (Lipinski definition) is 4. The third kappa shape index (κ3) is 5.80. The number of carboxylic acids is 1. The molecule has 0 spiro atoms. The number of aliphatic hydroxyl groups is 2. The minimum Gasteiger partial charge on any atom is -0.478 e. The van der Waals surface area contributed by atoms with E-state index in [4.69, 9.17) is 15.3 Å². The summed E-state index contributed by atoms with van der Waals surface area (Å²) in [6.07, 6.45) is 0.567. The summed E-state index contributed by atoms with van der Waals surface area (Å²) in [4.78, 5) is 23.8. The summed E-state index contributed by atoms with van der Waals surface area (Å²) in [6, 6.07) is 6.09. The molecule has 1 aromatic rings. The highest BCUT2D eigenvalue weighted by molar-refractivity contribution is 5.87. The average molecular weight is 296 g/mol. The van der Waals surface area contributed by atoms with Gasteiger partial charge in [0.1, 0.15) is 0 Å². The summed E-state index contributed by atoms with van der Waals surface area (Å²) in [6.45, 7) is 0.395. The van der Waals surface area contributed by atoms with E-state index in [9.17, 15) is 9.59 Å². The first-order valence-corrected chi connectivity index (χ1v) is 6.65. The van der Waals surface area contributed by atoms with Crippen LogP contribution in [0.5, 0.6) is 0 Å². The summed E-state index contributed by atoms with van der Waals surface area (Å²) in [5.41, 5.74) is 1.14. The molecule has 0 unspecified atom stereocenters. The number of amides is 2. The minimum atomic E-state index is -0.974. The molecule has 2 amide bonds. The molecule has 1 rings (SSSR count). The normalized spacial score (nSPS) is 10.2. The number of aromatic carboxylic acids is 1. The van der Waals surface area contributed by atoms with Gasteiger partial charge in [-0.15, -0.1) is 0 Å². The number of urea groups is 1. The maximum Gasteiger partial charge on any atom is 0.335 e. The molecule has 21 heavy (non-hydrogen) atoms. The number of benzene rings is 1. The highest BCUT2D eigenvalue weighted by atomic mass is 16.4. The van der Waals surface area contributed by atoms with Gasteiger partial charge in [0.2, 0.25) is 0 Å². The number of carbonyl (C=O) groups excluding carboxylic acids is 1. The number of nitrogens with one attached hydrogen (secondary N) is 1. The maximum absolute atomic E-state index is 11.8. The topological polar surface area (TPSA) is 110 Å². The van der Waals surface area contributed by atoms with Crippen LogP contribution in [0.2, 0.25) is 0 Å². The highest BCUT2D eigenvalue weighted by Crippen LogP contribution is 2.04. The van der Waals surface area contributed by atoms with Crippen molar-refractivity contribution in [3.05, 3.63) is 35.4 Å². The van der Waals surface area contributed by atoms with Gasteiger partial charge in [-0.1, -0.05) is 12.1 Å². The van der Waals surface area contributed by atoms with Crippen molar-refractivity contribution in [3.8, 4) is 0 Å². The second-order valence-electron chi connectivity index (χ2n) is 4.42. The molecule has 1 aromatic carbocycles. The third-order valence-corrected chi connectivity index (χ3v) is 2.92. The fourth-order valence-electron chi connectivity index (χ4n) is 1.80. The van der Waals surface area contributed by atoms with Gasteiger partial charge in [-0.05, 0) is 24.1 Å². The summed E-state index contributed by atoms with van der Waals surface area (Å²) in [5.74, 6) is -0.974. The quantitative estimate of drug-likeness (QED) is 0.536. The van der Waals surface area contributed by atoms with Crippen molar-refractivity contribution >= 4 is 12.0 Å². The minimum absolute atomic E-state index is 0.163. The maximum atomic E-state index is 11.8. The van der Waals surface area contributed by atoms with Gasteiger partial charge in [0.15, 0.2) is 0 Å². The first-order chi connectivity index (χ1) is 10.1. The van der Waals surface area contributed by atoms with Gasteiger partial charge in [-0.25, -0.2) is 9.59 Å². The Bertz CT molecular complexity index is 455. The molecule has 0 heterocycles. The standard InChI is InChI=1S/C14H20N2O5/c17-9-7-16(8-10-18)14(21)15-6-5-11-1-3-12(4-2-11)13(19)20/h1-4,17-18H,5-10H2,(H,15,21)(H,19,20). The van der Waals surface area contributed by atoms with Gasteiger partial charge in [0.25, 0.3) is 0 Å². The molecule has 0 atom stereocenters. The van der Waals surface area contributed by atoms with Crippen LogP contribution in [0.1, 0.15) is 15.9 Å². The average Bonchev–Trinajstić information content (AvgIpc) is 2.47. The second-order valence-corrected chi connectivity index (χ2v) is 4.42. The van der Waals surface area contributed by atoms with Crippen molar-refractivity contribution in [3.63, 3.8) is 0 Å². The van der Waals surface area contributed by atoms with Gasteiger partial charge in [-0.2, -0.15) is 0 Å². The molecule has 4 N–H and O–H groups in total. The van der Waals surface area contributed by atoms with Crippen LogP contribution < -0.4 is 5.32 Å². The van der Waals surface area contributed by atoms with E-state index in [1.54, 1.807) is 12.1 Å². The number of carbonyl (C=O) groups is 2. The Kier molecular flexibility index (Phi) is 7.20. The van der Waals surface area contributed by atoms with Crippen molar-refractivity contribution in [2.45, 2.75) is 6.42 Å². The molecule has 0 aliphatic rings. The van der Waals surface area contributed by atoms with E-state index in [1.165, 1.54) is 17.0 Å². The predicted molar refractivity (Wildman–Crippen MR) is 76.2 cm³/mol. The van der Waals surface area contributed by atoms with Crippen LogP contribution in [0.25, 0.3) is 0 Å². The summed E-state index contributed by atoms with van der Waals surface area (Å²) < 4.78 is 0. The predicted octanol–water partition coefficient (Wildman–Crippen LogP) is -0.0765. The number of carboxylic acid groups (broad SMARTS) is 1. The Balaban J connectivity index is 2.41. The Morgan fingerprint density at radius 1 is 1.05 bits per heavy atom. The van der Waals surface area contributed by atoms with E-state index < -0.39 is 5.97 Å². The number of rotatable bonds is 8. The molecule has 0 saturated carbocycles. The molecule has 0 fully saturated rings. The van der Waals surface area contributed by atoms with Gasteiger partial charge in [-0.3, -0.25) is 0 Å². The van der Waals surface area contributed by atoms with E-state index in [-0.39, 0.29) is 37.9 Å². The molecule has 0 aromatic heterocycles. The van der Waals surface area contributed by atoms with E-state index in [0.29, 0.717) is 13.0 Å². The fraction of sp³-hybridized carbons (Fsp3) is 0.429. The molecule has 0 aliphatic heterocycles. The molecule has 0 bridgehead atoms. The van der Waals surface area contributed by atoms with Crippen molar-refractivity contribution in [2.75, 3.05) is 32.8 Å². The molecule has 0 aliphatic carbocycles. The van der Waals surface area contributed by atoms with Gasteiger partial charge >= 0.3 is 12.0 Å². The lowest BCUT2D eigenvalue weighted by Gasteiger charge is -2.21. The van der Waals surface area contributed by atoms with E-state index in [2.05, 4.69) is 5.32 Å². The van der Waals surface area contributed by atoms with E-state index in [1.807, 2.05) is 0 Å². The zero-order valence-corrected chi connectivity index (χ0v) is 11.7. The van der Waals surface area contributed by atoms with Crippen LogP contribution in [0.3, 0.4) is 0 Å². The zero-order valence-electron chi connectivity index (χ0n) is 11.7. The van der Waals surface area contributed by atoms with Crippen molar-refractivity contribution < 1.29 is 24.9 Å². The molecular weight excluding hydrogens is 276 g/mol. The molecule has 116 valence electrons. The lowest BCUT2D eigenvalue weighted by molar-refractivity contribution is 0.0697. The third-order valence-electron chi connectivity index (χ3n) is 2.92. The fourth-order valence-corrected chi connectivity index (χ4v) is 1.80. The Morgan fingerprint density at radius 2 is 1.62 bits per heavy atom. The summed E-state index contributed by atoms with van der Waals surface area (Å²) in [5, 5.41) is 29.1. The molecule has 0 saturated heterocycles. The Morgan fingerprint density at radius 3 is 2.10 bits per heavy atom. The highest BCUT2D eigenvalue weighted by Gasteiger charge is 2.11.